The summed E-state index contributed by atoms with van der Waals surface area (Å²) in [5.41, 5.74) is 2.63. The monoisotopic (exact) mass is 407 g/mol. The van der Waals surface area contributed by atoms with E-state index in [0.29, 0.717) is 18.2 Å². The third-order valence-electron chi connectivity index (χ3n) is 5.70. The summed E-state index contributed by atoms with van der Waals surface area (Å²) in [7, 11) is 0. The van der Waals surface area contributed by atoms with E-state index in [9.17, 15) is 14.9 Å². The van der Waals surface area contributed by atoms with Gasteiger partial charge in [0, 0.05) is 24.4 Å². The van der Waals surface area contributed by atoms with Crippen LogP contribution in [0.1, 0.15) is 18.7 Å². The summed E-state index contributed by atoms with van der Waals surface area (Å²) in [5, 5.41) is 13.6. The zero-order valence-electron chi connectivity index (χ0n) is 17.0. The number of hydrogen-bond donors (Lipinski definition) is 1. The molecule has 1 aromatic heterocycles. The zero-order chi connectivity index (χ0) is 21.1. The minimum atomic E-state index is -0.467. The highest BCUT2D eigenvalue weighted by molar-refractivity contribution is 5.92. The molecule has 3 aromatic rings. The summed E-state index contributed by atoms with van der Waals surface area (Å²) in [4.78, 5) is 29.5. The lowest BCUT2D eigenvalue weighted by Crippen LogP contribution is -2.40. The molecular weight excluding hydrogens is 382 g/mol. The predicted molar refractivity (Wildman–Crippen MR) is 115 cm³/mol. The van der Waals surface area contributed by atoms with Crippen molar-refractivity contribution < 1.29 is 9.72 Å². The number of piperidine rings is 1. The molecule has 1 aliphatic heterocycles. The van der Waals surface area contributed by atoms with Gasteiger partial charge in [-0.3, -0.25) is 19.8 Å². The van der Waals surface area contributed by atoms with Gasteiger partial charge in [-0.25, -0.2) is 4.98 Å². The molecule has 4 rings (SSSR count). The Hall–Kier alpha value is -3.26. The summed E-state index contributed by atoms with van der Waals surface area (Å²) in [6.45, 7) is 5.01. The number of nitro groups is 1. The number of likely N-dealkylation sites (tertiary alicyclic amines) is 1. The Labute approximate surface area is 174 Å². The van der Waals surface area contributed by atoms with Crippen LogP contribution >= 0.6 is 0 Å². The lowest BCUT2D eigenvalue weighted by Gasteiger charge is -2.31. The Morgan fingerprint density at radius 2 is 1.97 bits per heavy atom. The highest BCUT2D eigenvalue weighted by Crippen LogP contribution is 2.23. The second-order valence-electron chi connectivity index (χ2n) is 7.83. The first-order chi connectivity index (χ1) is 14.5. The average molecular weight is 407 g/mol. The molecule has 1 amide bonds. The number of non-ortho nitro benzene ring substituents is 1. The number of carbonyl (C=O) groups is 1. The van der Waals surface area contributed by atoms with Gasteiger partial charge < -0.3 is 9.88 Å². The highest BCUT2D eigenvalue weighted by atomic mass is 16.6. The van der Waals surface area contributed by atoms with Crippen LogP contribution in [0.15, 0.2) is 48.5 Å². The summed E-state index contributed by atoms with van der Waals surface area (Å²) >= 11 is 0. The minimum Gasteiger partial charge on any atom is -0.328 e. The number of benzene rings is 2. The second-order valence-corrected chi connectivity index (χ2v) is 7.83. The molecule has 8 heteroatoms. The van der Waals surface area contributed by atoms with Gasteiger partial charge in [0.05, 0.1) is 22.5 Å². The third kappa shape index (κ3) is 4.49. The van der Waals surface area contributed by atoms with Crippen LogP contribution in [-0.4, -0.2) is 44.9 Å². The van der Waals surface area contributed by atoms with E-state index in [0.717, 1.165) is 43.8 Å². The Morgan fingerprint density at radius 1 is 1.20 bits per heavy atom. The highest BCUT2D eigenvalue weighted by Gasteiger charge is 2.22. The Kier molecular flexibility index (Phi) is 5.76. The Balaban J connectivity index is 1.29. The van der Waals surface area contributed by atoms with Gasteiger partial charge in [-0.1, -0.05) is 18.2 Å². The number of hydrogen-bond acceptors (Lipinski definition) is 5. The number of aromatic nitrogens is 2. The van der Waals surface area contributed by atoms with Crippen molar-refractivity contribution in [3.8, 4) is 0 Å². The number of nitrogens with zero attached hydrogens (tertiary/aromatic N) is 4. The number of amides is 1. The number of nitro benzene ring substituents is 1. The van der Waals surface area contributed by atoms with Crippen molar-refractivity contribution >= 4 is 28.3 Å². The van der Waals surface area contributed by atoms with Gasteiger partial charge in [0.25, 0.3) is 5.69 Å². The molecule has 0 aliphatic carbocycles. The Morgan fingerprint density at radius 3 is 2.73 bits per heavy atom. The van der Waals surface area contributed by atoms with Gasteiger partial charge in [0.2, 0.25) is 5.91 Å². The smallest absolute Gasteiger partial charge is 0.271 e. The third-order valence-corrected chi connectivity index (χ3v) is 5.70. The molecule has 0 atom stereocenters. The summed E-state index contributed by atoms with van der Waals surface area (Å²) in [5.74, 6) is 1.44. The van der Waals surface area contributed by atoms with E-state index in [1.165, 1.54) is 17.6 Å². The van der Waals surface area contributed by atoms with E-state index in [-0.39, 0.29) is 11.6 Å². The van der Waals surface area contributed by atoms with E-state index >= 15 is 0 Å². The Bertz CT molecular complexity index is 1070. The molecule has 156 valence electrons. The van der Waals surface area contributed by atoms with Crippen LogP contribution < -0.4 is 5.32 Å². The maximum atomic E-state index is 12.4. The molecule has 1 N–H and O–H groups in total. The first-order valence-electron chi connectivity index (χ1n) is 10.2. The minimum absolute atomic E-state index is 0.0315. The summed E-state index contributed by atoms with van der Waals surface area (Å²) in [6.07, 6.45) is 2.05. The lowest BCUT2D eigenvalue weighted by atomic mass is 9.96. The number of nitrogens with one attached hydrogen (secondary N) is 1. The zero-order valence-corrected chi connectivity index (χ0v) is 17.0. The van der Waals surface area contributed by atoms with E-state index in [4.69, 9.17) is 0 Å². The maximum Gasteiger partial charge on any atom is 0.271 e. The fourth-order valence-corrected chi connectivity index (χ4v) is 4.11. The first-order valence-corrected chi connectivity index (χ1v) is 10.2. The molecule has 2 heterocycles. The molecule has 1 fully saturated rings. The van der Waals surface area contributed by atoms with Crippen molar-refractivity contribution in [1.82, 2.24) is 14.5 Å². The van der Waals surface area contributed by atoms with Crippen LogP contribution in [0.4, 0.5) is 11.4 Å². The average Bonchev–Trinajstić information content (AvgIpc) is 3.05. The predicted octanol–water partition coefficient (Wildman–Crippen LogP) is 3.60. The fourth-order valence-electron chi connectivity index (χ4n) is 4.11. The number of fused-ring (bicyclic) bond motifs is 1. The summed E-state index contributed by atoms with van der Waals surface area (Å²) in [6, 6.07) is 14.2. The molecule has 30 heavy (non-hydrogen) atoms. The SMILES string of the molecule is Cc1nc2ccccc2n1CC1CCN(CC(=O)Nc2cccc([N+](=O)[O-])c2)CC1. The van der Waals surface area contributed by atoms with E-state index < -0.39 is 4.92 Å². The molecule has 0 unspecified atom stereocenters. The van der Waals surface area contributed by atoms with Gasteiger partial charge in [-0.2, -0.15) is 0 Å². The molecule has 0 radical (unpaired) electrons. The molecule has 0 spiro atoms. The van der Waals surface area contributed by atoms with Crippen molar-refractivity contribution in [2.75, 3.05) is 25.0 Å². The maximum absolute atomic E-state index is 12.4. The molecule has 1 aliphatic rings. The second kappa shape index (κ2) is 8.62. The molecule has 8 nitrogen and oxygen atoms in total. The van der Waals surface area contributed by atoms with E-state index in [2.05, 4.69) is 25.8 Å². The molecule has 2 aromatic carbocycles. The topological polar surface area (TPSA) is 93.3 Å². The van der Waals surface area contributed by atoms with Crippen LogP contribution in [0.5, 0.6) is 0 Å². The fraction of sp³-hybridized carbons (Fsp3) is 0.364. The van der Waals surface area contributed by atoms with Gasteiger partial charge in [-0.05, 0) is 57.0 Å². The van der Waals surface area contributed by atoms with Crippen molar-refractivity contribution in [1.29, 1.82) is 0 Å². The summed E-state index contributed by atoms with van der Waals surface area (Å²) < 4.78 is 2.30. The number of imidazole rings is 1. The van der Waals surface area contributed by atoms with Crippen molar-refractivity contribution in [3.05, 3.63) is 64.5 Å². The molecular formula is C22H25N5O3. The van der Waals surface area contributed by atoms with Crippen molar-refractivity contribution in [3.63, 3.8) is 0 Å². The largest absolute Gasteiger partial charge is 0.328 e. The quantitative estimate of drug-likeness (QED) is 0.498. The van der Waals surface area contributed by atoms with Gasteiger partial charge in [-0.15, -0.1) is 0 Å². The first kappa shape index (κ1) is 20.0. The van der Waals surface area contributed by atoms with Crippen LogP contribution in [0.2, 0.25) is 0 Å². The van der Waals surface area contributed by atoms with Gasteiger partial charge in [0.1, 0.15) is 5.82 Å². The molecule has 0 bridgehead atoms. The van der Waals surface area contributed by atoms with E-state index in [1.54, 1.807) is 12.1 Å². The molecule has 0 saturated carbocycles. The van der Waals surface area contributed by atoms with Crippen LogP contribution in [0.3, 0.4) is 0 Å². The van der Waals surface area contributed by atoms with Crippen LogP contribution in [0.25, 0.3) is 11.0 Å². The number of rotatable bonds is 6. The number of aryl methyl sites for hydroxylation is 1. The van der Waals surface area contributed by atoms with Crippen LogP contribution in [-0.2, 0) is 11.3 Å². The number of para-hydroxylation sites is 2. The number of anilines is 1. The van der Waals surface area contributed by atoms with E-state index in [1.807, 2.05) is 25.1 Å². The normalized spacial score (nSPS) is 15.4. The lowest BCUT2D eigenvalue weighted by molar-refractivity contribution is -0.384. The van der Waals surface area contributed by atoms with Crippen molar-refractivity contribution in [2.45, 2.75) is 26.3 Å². The number of carbonyl (C=O) groups excluding carboxylic acids is 1. The molecule has 1 saturated heterocycles. The van der Waals surface area contributed by atoms with Gasteiger partial charge >= 0.3 is 0 Å². The standard InChI is InChI=1S/C22H25N5O3/c1-16-23-20-7-2-3-8-21(20)26(16)14-17-9-11-25(12-10-17)15-22(28)24-18-5-4-6-19(13-18)27(29)30/h2-8,13,17H,9-12,14-15H2,1H3,(H,24,28). The van der Waals surface area contributed by atoms with Gasteiger partial charge in [0.15, 0.2) is 0 Å². The van der Waals surface area contributed by atoms with Crippen molar-refractivity contribution in [2.24, 2.45) is 5.92 Å². The van der Waals surface area contributed by atoms with Crippen LogP contribution in [0, 0.1) is 23.0 Å².